The van der Waals surface area contributed by atoms with Gasteiger partial charge in [-0.15, -0.1) is 0 Å². The minimum Gasteiger partial charge on any atom is -0.476 e. The minimum absolute atomic E-state index is 0.0444. The molecule has 1 amide bonds. The molecule has 14 heavy (non-hydrogen) atoms. The molecule has 0 atom stereocenters. The third-order valence-electron chi connectivity index (χ3n) is 2.22. The van der Waals surface area contributed by atoms with E-state index in [4.69, 9.17) is 5.11 Å². The van der Waals surface area contributed by atoms with E-state index in [0.717, 1.165) is 0 Å². The summed E-state index contributed by atoms with van der Waals surface area (Å²) in [4.78, 5) is 22.1. The number of hydrogen-bond acceptors (Lipinski definition) is 3. The molecule has 0 radical (unpaired) electrons. The molecule has 6 nitrogen and oxygen atoms in total. The largest absolute Gasteiger partial charge is 0.476 e. The number of amides is 1. The lowest BCUT2D eigenvalue weighted by molar-refractivity contribution is 0.0688. The van der Waals surface area contributed by atoms with Gasteiger partial charge in [0.05, 0.1) is 6.54 Å². The van der Waals surface area contributed by atoms with E-state index in [1.807, 2.05) is 0 Å². The summed E-state index contributed by atoms with van der Waals surface area (Å²) >= 11 is 0. The predicted octanol–water partition coefficient (Wildman–Crippen LogP) is -0.367. The van der Waals surface area contributed by atoms with Gasteiger partial charge in [0.25, 0.3) is 5.91 Å². The summed E-state index contributed by atoms with van der Waals surface area (Å²) in [6.07, 6.45) is 0. The molecule has 1 aromatic rings. The Bertz CT molecular complexity index is 422. The number of carbonyl (C=O) groups is 2. The van der Waals surface area contributed by atoms with Gasteiger partial charge in [-0.25, -0.2) is 4.79 Å². The van der Waals surface area contributed by atoms with Crippen LogP contribution in [0.5, 0.6) is 0 Å². The van der Waals surface area contributed by atoms with Crippen molar-refractivity contribution in [1.82, 2.24) is 15.1 Å². The van der Waals surface area contributed by atoms with Gasteiger partial charge in [-0.3, -0.25) is 9.48 Å². The number of aromatic carboxylic acids is 1. The van der Waals surface area contributed by atoms with Crippen molar-refractivity contribution in [1.29, 1.82) is 0 Å². The normalized spacial score (nSPS) is 14.8. The van der Waals surface area contributed by atoms with Crippen LogP contribution in [-0.2, 0) is 6.54 Å². The van der Waals surface area contributed by atoms with Crippen LogP contribution in [-0.4, -0.2) is 33.3 Å². The minimum atomic E-state index is -1.10. The lowest BCUT2D eigenvalue weighted by Crippen LogP contribution is -2.35. The number of aromatic nitrogens is 2. The fourth-order valence-corrected chi connectivity index (χ4v) is 1.56. The molecule has 0 spiro atoms. The molecule has 0 aromatic carbocycles. The highest BCUT2D eigenvalue weighted by molar-refractivity contribution is 5.98. The Morgan fingerprint density at radius 1 is 1.64 bits per heavy atom. The number of rotatable bonds is 1. The van der Waals surface area contributed by atoms with E-state index in [9.17, 15) is 9.59 Å². The van der Waals surface area contributed by atoms with Gasteiger partial charge in [0, 0.05) is 12.1 Å². The van der Waals surface area contributed by atoms with Gasteiger partial charge in [0.1, 0.15) is 5.69 Å². The van der Waals surface area contributed by atoms with Crippen LogP contribution in [0, 0.1) is 6.92 Å². The summed E-state index contributed by atoms with van der Waals surface area (Å²) in [5.41, 5.74) is 0.736. The van der Waals surface area contributed by atoms with E-state index in [1.54, 1.807) is 6.92 Å². The second-order valence-electron chi connectivity index (χ2n) is 3.11. The number of carboxylic acid groups (broad SMARTS) is 1. The molecule has 2 heterocycles. The highest BCUT2D eigenvalue weighted by Gasteiger charge is 2.26. The molecule has 0 aliphatic carbocycles. The van der Waals surface area contributed by atoms with Crippen LogP contribution >= 0.6 is 0 Å². The first kappa shape index (κ1) is 8.74. The Kier molecular flexibility index (Phi) is 1.77. The number of nitrogens with one attached hydrogen (secondary N) is 1. The first-order valence-corrected chi connectivity index (χ1v) is 4.20. The maximum Gasteiger partial charge on any atom is 0.356 e. The van der Waals surface area contributed by atoms with Crippen molar-refractivity contribution in [3.8, 4) is 0 Å². The SMILES string of the molecule is Cc1c(C(=O)O)nn2c1C(=O)NCC2. The fraction of sp³-hybridized carbons (Fsp3) is 0.375. The quantitative estimate of drug-likeness (QED) is 0.640. The van der Waals surface area contributed by atoms with Gasteiger partial charge in [-0.1, -0.05) is 0 Å². The molecule has 6 heteroatoms. The van der Waals surface area contributed by atoms with Gasteiger partial charge in [0.15, 0.2) is 5.69 Å². The summed E-state index contributed by atoms with van der Waals surface area (Å²) in [6, 6.07) is 0. The maximum absolute atomic E-state index is 11.4. The molecule has 0 saturated heterocycles. The summed E-state index contributed by atoms with van der Waals surface area (Å²) in [6.45, 7) is 2.61. The third kappa shape index (κ3) is 1.07. The zero-order chi connectivity index (χ0) is 10.3. The summed E-state index contributed by atoms with van der Waals surface area (Å²) in [5, 5.41) is 15.3. The Morgan fingerprint density at radius 3 is 2.93 bits per heavy atom. The molecule has 1 aliphatic rings. The van der Waals surface area contributed by atoms with Crippen LogP contribution < -0.4 is 5.32 Å². The summed E-state index contributed by atoms with van der Waals surface area (Å²) in [5.74, 6) is -1.36. The monoisotopic (exact) mass is 195 g/mol. The highest BCUT2D eigenvalue weighted by Crippen LogP contribution is 2.15. The van der Waals surface area contributed by atoms with Gasteiger partial charge >= 0.3 is 5.97 Å². The zero-order valence-electron chi connectivity index (χ0n) is 7.57. The first-order chi connectivity index (χ1) is 6.61. The molecule has 0 bridgehead atoms. The number of hydrogen-bond donors (Lipinski definition) is 2. The van der Waals surface area contributed by atoms with Crippen LogP contribution in [0.3, 0.4) is 0 Å². The summed E-state index contributed by atoms with van der Waals surface area (Å²) in [7, 11) is 0. The van der Waals surface area contributed by atoms with Crippen molar-refractivity contribution in [3.63, 3.8) is 0 Å². The molecule has 1 aliphatic heterocycles. The number of carbonyl (C=O) groups excluding carboxylic acids is 1. The lowest BCUT2D eigenvalue weighted by Gasteiger charge is -2.14. The summed E-state index contributed by atoms with van der Waals surface area (Å²) < 4.78 is 1.44. The van der Waals surface area contributed by atoms with Crippen molar-refractivity contribution in [2.45, 2.75) is 13.5 Å². The van der Waals surface area contributed by atoms with Crippen LogP contribution in [0.1, 0.15) is 26.5 Å². The third-order valence-corrected chi connectivity index (χ3v) is 2.22. The van der Waals surface area contributed by atoms with Gasteiger partial charge < -0.3 is 10.4 Å². The predicted molar refractivity (Wildman–Crippen MR) is 46.3 cm³/mol. The van der Waals surface area contributed by atoms with Gasteiger partial charge in [-0.05, 0) is 6.92 Å². The van der Waals surface area contributed by atoms with Crippen molar-refractivity contribution in [2.75, 3.05) is 6.54 Å². The van der Waals surface area contributed by atoms with Crippen LogP contribution in [0.15, 0.2) is 0 Å². The van der Waals surface area contributed by atoms with Crippen LogP contribution in [0.2, 0.25) is 0 Å². The molecule has 2 rings (SSSR count). The van der Waals surface area contributed by atoms with Crippen LogP contribution in [0.4, 0.5) is 0 Å². The molecular weight excluding hydrogens is 186 g/mol. The van der Waals surface area contributed by atoms with E-state index in [2.05, 4.69) is 10.4 Å². The smallest absolute Gasteiger partial charge is 0.356 e. The van der Waals surface area contributed by atoms with Crippen molar-refractivity contribution in [2.24, 2.45) is 0 Å². The molecule has 1 aromatic heterocycles. The van der Waals surface area contributed by atoms with E-state index < -0.39 is 5.97 Å². The fourth-order valence-electron chi connectivity index (χ4n) is 1.56. The molecule has 0 unspecified atom stereocenters. The Hall–Kier alpha value is -1.85. The molecule has 2 N–H and O–H groups in total. The topological polar surface area (TPSA) is 84.2 Å². The average molecular weight is 195 g/mol. The second-order valence-corrected chi connectivity index (χ2v) is 3.11. The van der Waals surface area contributed by atoms with Crippen molar-refractivity contribution >= 4 is 11.9 Å². The van der Waals surface area contributed by atoms with Crippen molar-refractivity contribution < 1.29 is 14.7 Å². The Labute approximate surface area is 79.5 Å². The molecular formula is C8H9N3O3. The molecule has 74 valence electrons. The Balaban J connectivity index is 2.60. The number of fused-ring (bicyclic) bond motifs is 1. The first-order valence-electron chi connectivity index (χ1n) is 4.20. The van der Waals surface area contributed by atoms with Gasteiger partial charge in [0.2, 0.25) is 0 Å². The second kappa shape index (κ2) is 2.83. The zero-order valence-corrected chi connectivity index (χ0v) is 7.57. The maximum atomic E-state index is 11.4. The lowest BCUT2D eigenvalue weighted by atomic mass is 10.2. The molecule has 0 saturated carbocycles. The van der Waals surface area contributed by atoms with Crippen molar-refractivity contribution in [3.05, 3.63) is 17.0 Å². The van der Waals surface area contributed by atoms with E-state index in [1.165, 1.54) is 4.68 Å². The van der Waals surface area contributed by atoms with Gasteiger partial charge in [-0.2, -0.15) is 5.10 Å². The average Bonchev–Trinajstić information content (AvgIpc) is 2.45. The number of nitrogens with zero attached hydrogens (tertiary/aromatic N) is 2. The Morgan fingerprint density at radius 2 is 2.36 bits per heavy atom. The van der Waals surface area contributed by atoms with E-state index >= 15 is 0 Å². The number of carboxylic acids is 1. The van der Waals surface area contributed by atoms with Crippen LogP contribution in [0.25, 0.3) is 0 Å². The molecule has 0 fully saturated rings. The van der Waals surface area contributed by atoms with E-state index in [0.29, 0.717) is 24.3 Å². The highest BCUT2D eigenvalue weighted by atomic mass is 16.4. The standard InChI is InChI=1S/C8H9N3O3/c1-4-5(8(13)14)10-11-3-2-9-7(12)6(4)11/h2-3H2,1H3,(H,9,12)(H,13,14). The van der Waals surface area contributed by atoms with E-state index in [-0.39, 0.29) is 11.6 Å².